The summed E-state index contributed by atoms with van der Waals surface area (Å²) in [4.78, 5) is 41.0. The molecular weight excluding hydrogens is 354 g/mol. The van der Waals surface area contributed by atoms with Gasteiger partial charge in [0.1, 0.15) is 5.54 Å². The summed E-state index contributed by atoms with van der Waals surface area (Å²) in [7, 11) is 1.67. The van der Waals surface area contributed by atoms with E-state index >= 15 is 0 Å². The standard InChI is InChI=1S/C22H21N3O3/c1-24(22(14-23)11-5-12-22)18(26)10-4-13-25-20(27)16-8-2-6-15-7-3-9-17(19(15)16)21(25)28/h2-3,6-9H,4-5,10-13H2,1H3. The minimum absolute atomic E-state index is 0.124. The van der Waals surface area contributed by atoms with Crippen molar-refractivity contribution in [2.24, 2.45) is 0 Å². The van der Waals surface area contributed by atoms with Crippen LogP contribution >= 0.6 is 0 Å². The smallest absolute Gasteiger partial charge is 0.261 e. The van der Waals surface area contributed by atoms with Crippen molar-refractivity contribution in [3.05, 3.63) is 47.5 Å². The normalized spacial score (nSPS) is 17.2. The summed E-state index contributed by atoms with van der Waals surface area (Å²) in [6, 6.07) is 13.1. The van der Waals surface area contributed by atoms with Gasteiger partial charge >= 0.3 is 0 Å². The predicted molar refractivity (Wildman–Crippen MR) is 104 cm³/mol. The maximum Gasteiger partial charge on any atom is 0.261 e. The molecule has 0 spiro atoms. The van der Waals surface area contributed by atoms with E-state index in [0.717, 1.165) is 11.8 Å². The highest BCUT2D eigenvalue weighted by Crippen LogP contribution is 2.36. The third-order valence-corrected chi connectivity index (χ3v) is 6.03. The molecule has 2 aromatic carbocycles. The molecule has 1 fully saturated rings. The van der Waals surface area contributed by atoms with Crippen LogP contribution in [0.4, 0.5) is 0 Å². The van der Waals surface area contributed by atoms with E-state index in [1.54, 1.807) is 19.2 Å². The molecule has 28 heavy (non-hydrogen) atoms. The second kappa shape index (κ2) is 6.75. The maximum absolute atomic E-state index is 12.9. The van der Waals surface area contributed by atoms with Gasteiger partial charge in [0, 0.05) is 36.5 Å². The van der Waals surface area contributed by atoms with Crippen LogP contribution < -0.4 is 0 Å². The molecule has 0 atom stereocenters. The van der Waals surface area contributed by atoms with Crippen molar-refractivity contribution in [1.29, 1.82) is 5.26 Å². The molecule has 1 aliphatic carbocycles. The number of carbonyl (C=O) groups excluding carboxylic acids is 3. The van der Waals surface area contributed by atoms with Crippen molar-refractivity contribution in [1.82, 2.24) is 9.80 Å². The first-order chi connectivity index (χ1) is 13.5. The predicted octanol–water partition coefficient (Wildman–Crippen LogP) is 3.12. The van der Waals surface area contributed by atoms with Gasteiger partial charge < -0.3 is 4.90 Å². The molecule has 4 rings (SSSR count). The van der Waals surface area contributed by atoms with E-state index in [1.807, 2.05) is 24.3 Å². The van der Waals surface area contributed by atoms with E-state index in [0.29, 0.717) is 35.8 Å². The number of nitrogens with zero attached hydrogens (tertiary/aromatic N) is 3. The Kier molecular flexibility index (Phi) is 4.38. The van der Waals surface area contributed by atoms with E-state index in [-0.39, 0.29) is 30.7 Å². The van der Waals surface area contributed by atoms with E-state index < -0.39 is 5.54 Å². The Balaban J connectivity index is 1.46. The van der Waals surface area contributed by atoms with Gasteiger partial charge in [0.2, 0.25) is 5.91 Å². The number of amides is 3. The Bertz CT molecular complexity index is 982. The highest BCUT2D eigenvalue weighted by atomic mass is 16.2. The van der Waals surface area contributed by atoms with Crippen molar-refractivity contribution < 1.29 is 14.4 Å². The van der Waals surface area contributed by atoms with E-state index in [9.17, 15) is 19.6 Å². The average Bonchev–Trinajstić information content (AvgIpc) is 2.67. The molecule has 0 saturated heterocycles. The molecule has 1 aliphatic heterocycles. The van der Waals surface area contributed by atoms with Crippen molar-refractivity contribution in [2.45, 2.75) is 37.6 Å². The molecule has 3 amide bonds. The maximum atomic E-state index is 12.9. The van der Waals surface area contributed by atoms with Crippen molar-refractivity contribution in [2.75, 3.05) is 13.6 Å². The highest BCUT2D eigenvalue weighted by Gasteiger charge is 2.43. The topological polar surface area (TPSA) is 81.5 Å². The van der Waals surface area contributed by atoms with Crippen LogP contribution in [0.3, 0.4) is 0 Å². The Hall–Kier alpha value is -3.20. The molecule has 0 unspecified atom stereocenters. The first kappa shape index (κ1) is 18.2. The van der Waals surface area contributed by atoms with Crippen LogP contribution in [0.15, 0.2) is 36.4 Å². The van der Waals surface area contributed by atoms with Gasteiger partial charge in [-0.25, -0.2) is 0 Å². The number of benzene rings is 2. The molecular formula is C22H21N3O3. The van der Waals surface area contributed by atoms with Gasteiger partial charge in [0.15, 0.2) is 0 Å². The quantitative estimate of drug-likeness (QED) is 0.752. The molecule has 0 radical (unpaired) electrons. The van der Waals surface area contributed by atoms with Crippen LogP contribution in [-0.4, -0.2) is 46.7 Å². The number of nitriles is 1. The summed E-state index contributed by atoms with van der Waals surface area (Å²) in [5.74, 6) is -0.758. The summed E-state index contributed by atoms with van der Waals surface area (Å²) in [6.07, 6.45) is 2.93. The summed E-state index contributed by atoms with van der Waals surface area (Å²) in [5.41, 5.74) is 0.366. The van der Waals surface area contributed by atoms with E-state index in [1.165, 1.54) is 9.80 Å². The van der Waals surface area contributed by atoms with Crippen LogP contribution in [0.25, 0.3) is 10.8 Å². The monoisotopic (exact) mass is 375 g/mol. The van der Waals surface area contributed by atoms with Crippen LogP contribution in [0.2, 0.25) is 0 Å². The molecule has 1 saturated carbocycles. The first-order valence-corrected chi connectivity index (χ1v) is 9.54. The molecule has 2 aliphatic rings. The van der Waals surface area contributed by atoms with E-state index in [2.05, 4.69) is 6.07 Å². The zero-order valence-electron chi connectivity index (χ0n) is 15.8. The van der Waals surface area contributed by atoms with Crippen molar-refractivity contribution >= 4 is 28.5 Å². The Morgan fingerprint density at radius 3 is 2.25 bits per heavy atom. The van der Waals surface area contributed by atoms with E-state index in [4.69, 9.17) is 0 Å². The van der Waals surface area contributed by atoms with Crippen molar-refractivity contribution in [3.8, 4) is 6.07 Å². The molecule has 0 bridgehead atoms. The molecule has 142 valence electrons. The lowest BCUT2D eigenvalue weighted by molar-refractivity contribution is -0.136. The zero-order chi connectivity index (χ0) is 19.9. The van der Waals surface area contributed by atoms with Gasteiger partial charge in [-0.1, -0.05) is 24.3 Å². The summed E-state index contributed by atoms with van der Waals surface area (Å²) in [6.45, 7) is 0.182. The lowest BCUT2D eigenvalue weighted by Gasteiger charge is -2.43. The zero-order valence-corrected chi connectivity index (χ0v) is 15.8. The lowest BCUT2D eigenvalue weighted by atomic mass is 9.76. The van der Waals surface area contributed by atoms with Gasteiger partial charge in [0.25, 0.3) is 11.8 Å². The summed E-state index contributed by atoms with van der Waals surface area (Å²) < 4.78 is 0. The fraction of sp³-hybridized carbons (Fsp3) is 0.364. The minimum atomic E-state index is -0.678. The summed E-state index contributed by atoms with van der Waals surface area (Å²) in [5, 5.41) is 11.0. The molecule has 6 nitrogen and oxygen atoms in total. The fourth-order valence-corrected chi connectivity index (χ4v) is 4.11. The largest absolute Gasteiger partial charge is 0.327 e. The Morgan fingerprint density at radius 2 is 1.75 bits per heavy atom. The third kappa shape index (κ3) is 2.66. The van der Waals surface area contributed by atoms with Crippen LogP contribution in [0, 0.1) is 11.3 Å². The molecule has 6 heteroatoms. The van der Waals surface area contributed by atoms with Gasteiger partial charge in [0.05, 0.1) is 6.07 Å². The number of hydrogen-bond donors (Lipinski definition) is 0. The minimum Gasteiger partial charge on any atom is -0.327 e. The Labute approximate surface area is 163 Å². The van der Waals surface area contributed by atoms with Crippen LogP contribution in [-0.2, 0) is 4.79 Å². The van der Waals surface area contributed by atoms with Crippen LogP contribution in [0.5, 0.6) is 0 Å². The highest BCUT2D eigenvalue weighted by molar-refractivity contribution is 6.25. The fourth-order valence-electron chi connectivity index (χ4n) is 4.11. The van der Waals surface area contributed by atoms with Gasteiger partial charge in [-0.3, -0.25) is 19.3 Å². The SMILES string of the molecule is CN(C(=O)CCCN1C(=O)c2cccc3cccc(c23)C1=O)C1(C#N)CCC1. The average molecular weight is 375 g/mol. The van der Waals surface area contributed by atoms with Crippen LogP contribution in [0.1, 0.15) is 52.8 Å². The van der Waals surface area contributed by atoms with Gasteiger partial charge in [-0.05, 0) is 43.2 Å². The first-order valence-electron chi connectivity index (χ1n) is 9.54. The molecule has 1 heterocycles. The van der Waals surface area contributed by atoms with Gasteiger partial charge in [-0.2, -0.15) is 5.26 Å². The van der Waals surface area contributed by atoms with Gasteiger partial charge in [-0.15, -0.1) is 0 Å². The number of hydrogen-bond acceptors (Lipinski definition) is 4. The molecule has 0 aromatic heterocycles. The summed E-state index contributed by atoms with van der Waals surface area (Å²) >= 11 is 0. The molecule has 0 N–H and O–H groups in total. The Morgan fingerprint density at radius 1 is 1.14 bits per heavy atom. The second-order valence-corrected chi connectivity index (χ2v) is 7.52. The number of imide groups is 1. The third-order valence-electron chi connectivity index (χ3n) is 6.03. The van der Waals surface area contributed by atoms with Crippen molar-refractivity contribution in [3.63, 3.8) is 0 Å². The number of carbonyl (C=O) groups is 3. The molecule has 2 aromatic rings. The number of rotatable bonds is 5. The lowest BCUT2D eigenvalue weighted by Crippen LogP contribution is -2.53. The second-order valence-electron chi connectivity index (χ2n) is 7.52.